The van der Waals surface area contributed by atoms with Crippen molar-refractivity contribution in [3.8, 4) is 0 Å². The first-order valence-electron chi connectivity index (χ1n) is 4.11. The summed E-state index contributed by atoms with van der Waals surface area (Å²) in [7, 11) is -3.42. The van der Waals surface area contributed by atoms with Gasteiger partial charge in [0, 0.05) is 18.8 Å². The highest BCUT2D eigenvalue weighted by Crippen LogP contribution is 2.10. The lowest BCUT2D eigenvalue weighted by Crippen LogP contribution is -2.29. The Balaban J connectivity index is 0. The van der Waals surface area contributed by atoms with Crippen LogP contribution in [0.5, 0.6) is 0 Å². The Bertz CT molecular complexity index is 394. The van der Waals surface area contributed by atoms with Crippen molar-refractivity contribution in [1.29, 1.82) is 0 Å². The van der Waals surface area contributed by atoms with Gasteiger partial charge in [-0.1, -0.05) is 0 Å². The summed E-state index contributed by atoms with van der Waals surface area (Å²) >= 11 is 0. The van der Waals surface area contributed by atoms with Gasteiger partial charge in [0.1, 0.15) is 0 Å². The molecule has 0 aromatic heterocycles. The predicted molar refractivity (Wildman–Crippen MR) is 69.6 cm³/mol. The first-order valence-corrected chi connectivity index (χ1v) is 5.60. The molecule has 0 radical (unpaired) electrons. The number of sulfonamides is 1. The van der Waals surface area contributed by atoms with E-state index in [-0.39, 0.29) is 42.8 Å². The Hall–Kier alpha value is -0.530. The third-order valence-electron chi connectivity index (χ3n) is 1.63. The van der Waals surface area contributed by atoms with Gasteiger partial charge in [-0.25, -0.2) is 13.1 Å². The highest BCUT2D eigenvalue weighted by Gasteiger charge is 2.11. The summed E-state index contributed by atoms with van der Waals surface area (Å²) in [5.41, 5.74) is 11.2. The van der Waals surface area contributed by atoms with Crippen LogP contribution in [0.3, 0.4) is 0 Å². The predicted octanol–water partition coefficient (Wildman–Crippen LogP) is 0.349. The molecule has 0 aliphatic carbocycles. The quantitative estimate of drug-likeness (QED) is 0.696. The lowest BCUT2D eigenvalue weighted by molar-refractivity contribution is 0.582. The van der Waals surface area contributed by atoms with Crippen LogP contribution in [0.25, 0.3) is 0 Å². The van der Waals surface area contributed by atoms with Crippen LogP contribution < -0.4 is 16.2 Å². The molecule has 0 unspecified atom stereocenters. The molecule has 0 aliphatic heterocycles. The summed E-state index contributed by atoms with van der Waals surface area (Å²) in [4.78, 5) is 0.195. The van der Waals surface area contributed by atoms with Crippen molar-refractivity contribution in [1.82, 2.24) is 4.72 Å². The van der Waals surface area contributed by atoms with E-state index in [0.29, 0.717) is 5.69 Å². The standard InChI is InChI=1S/C8H13N3O2S.2ClH/c9-5-6-11-14(12,13)8-3-1-7(10)2-4-8;;/h1-4,11H,5-6,9-10H2;2*1H. The highest BCUT2D eigenvalue weighted by molar-refractivity contribution is 7.89. The lowest BCUT2D eigenvalue weighted by atomic mass is 10.3. The van der Waals surface area contributed by atoms with Gasteiger partial charge in [0.25, 0.3) is 0 Å². The minimum atomic E-state index is -3.42. The molecule has 16 heavy (non-hydrogen) atoms. The minimum absolute atomic E-state index is 0. The van der Waals surface area contributed by atoms with Crippen molar-refractivity contribution in [3.63, 3.8) is 0 Å². The van der Waals surface area contributed by atoms with Crippen LogP contribution in [-0.2, 0) is 10.0 Å². The highest BCUT2D eigenvalue weighted by atomic mass is 35.5. The monoisotopic (exact) mass is 287 g/mol. The van der Waals surface area contributed by atoms with E-state index >= 15 is 0 Å². The van der Waals surface area contributed by atoms with Gasteiger partial charge in [0.2, 0.25) is 10.0 Å². The van der Waals surface area contributed by atoms with Gasteiger partial charge in [-0.15, -0.1) is 24.8 Å². The second kappa shape index (κ2) is 7.70. The molecular formula is C8H15Cl2N3O2S. The van der Waals surface area contributed by atoms with Crippen LogP contribution in [0, 0.1) is 0 Å². The zero-order valence-electron chi connectivity index (χ0n) is 8.42. The van der Waals surface area contributed by atoms with Crippen molar-refractivity contribution >= 4 is 40.5 Å². The number of hydrogen-bond acceptors (Lipinski definition) is 4. The minimum Gasteiger partial charge on any atom is -0.399 e. The molecule has 94 valence electrons. The fourth-order valence-corrected chi connectivity index (χ4v) is 1.97. The van der Waals surface area contributed by atoms with E-state index in [0.717, 1.165) is 0 Å². The van der Waals surface area contributed by atoms with Crippen LogP contribution in [-0.4, -0.2) is 21.5 Å². The number of rotatable bonds is 4. The molecule has 5 nitrogen and oxygen atoms in total. The van der Waals surface area contributed by atoms with Crippen LogP contribution in [0.1, 0.15) is 0 Å². The average Bonchev–Trinajstić information content (AvgIpc) is 2.16. The van der Waals surface area contributed by atoms with Gasteiger partial charge in [0.15, 0.2) is 0 Å². The van der Waals surface area contributed by atoms with Gasteiger partial charge in [-0.2, -0.15) is 0 Å². The van der Waals surface area contributed by atoms with Crippen LogP contribution in [0.2, 0.25) is 0 Å². The Labute approximate surface area is 107 Å². The SMILES string of the molecule is Cl.Cl.NCCNS(=O)(=O)c1ccc(N)cc1. The van der Waals surface area contributed by atoms with Gasteiger partial charge in [-0.05, 0) is 24.3 Å². The van der Waals surface area contributed by atoms with Crippen molar-refractivity contribution in [2.45, 2.75) is 4.90 Å². The molecule has 0 bridgehead atoms. The Morgan fingerprint density at radius 1 is 1.12 bits per heavy atom. The summed E-state index contributed by atoms with van der Waals surface area (Å²) in [6.07, 6.45) is 0. The van der Waals surface area contributed by atoms with Crippen LogP contribution in [0.15, 0.2) is 29.2 Å². The van der Waals surface area contributed by atoms with Gasteiger partial charge < -0.3 is 11.5 Å². The molecule has 0 saturated heterocycles. The molecule has 8 heteroatoms. The second-order valence-electron chi connectivity index (χ2n) is 2.76. The Kier molecular flexibility index (Phi) is 8.59. The number of nitrogen functional groups attached to an aromatic ring is 1. The Morgan fingerprint density at radius 2 is 1.62 bits per heavy atom. The zero-order chi connectivity index (χ0) is 10.6. The maximum atomic E-state index is 11.5. The van der Waals surface area contributed by atoms with Crippen molar-refractivity contribution < 1.29 is 8.42 Å². The van der Waals surface area contributed by atoms with Crippen molar-refractivity contribution in [3.05, 3.63) is 24.3 Å². The molecule has 1 rings (SSSR count). The smallest absolute Gasteiger partial charge is 0.240 e. The van der Waals surface area contributed by atoms with Crippen LogP contribution >= 0.6 is 24.8 Å². The van der Waals surface area contributed by atoms with Crippen LogP contribution in [0.4, 0.5) is 5.69 Å². The first-order chi connectivity index (χ1) is 6.56. The number of hydrogen-bond donors (Lipinski definition) is 3. The fraction of sp³-hybridized carbons (Fsp3) is 0.250. The third-order valence-corrected chi connectivity index (χ3v) is 3.10. The maximum absolute atomic E-state index is 11.5. The molecule has 0 saturated carbocycles. The number of anilines is 1. The number of nitrogens with one attached hydrogen (secondary N) is 1. The lowest BCUT2D eigenvalue weighted by Gasteiger charge is -2.05. The fourth-order valence-electron chi connectivity index (χ4n) is 0.924. The molecule has 0 fully saturated rings. The molecular weight excluding hydrogens is 273 g/mol. The summed E-state index contributed by atoms with van der Waals surface area (Å²) in [5, 5.41) is 0. The van der Waals surface area contributed by atoms with Gasteiger partial charge in [-0.3, -0.25) is 0 Å². The molecule has 0 heterocycles. The zero-order valence-corrected chi connectivity index (χ0v) is 10.9. The summed E-state index contributed by atoms with van der Waals surface area (Å²) in [6, 6.07) is 5.98. The van der Waals surface area contributed by atoms with E-state index in [1.807, 2.05) is 0 Å². The van der Waals surface area contributed by atoms with Gasteiger partial charge in [0.05, 0.1) is 4.90 Å². The van der Waals surface area contributed by atoms with Crippen molar-refractivity contribution in [2.75, 3.05) is 18.8 Å². The molecule has 5 N–H and O–H groups in total. The van der Waals surface area contributed by atoms with E-state index in [1.165, 1.54) is 24.3 Å². The van der Waals surface area contributed by atoms with E-state index in [4.69, 9.17) is 11.5 Å². The summed E-state index contributed by atoms with van der Waals surface area (Å²) < 4.78 is 25.3. The molecule has 0 amide bonds. The molecule has 1 aromatic rings. The third kappa shape index (κ3) is 5.00. The molecule has 1 aromatic carbocycles. The maximum Gasteiger partial charge on any atom is 0.240 e. The number of nitrogens with two attached hydrogens (primary N) is 2. The van der Waals surface area contributed by atoms with E-state index < -0.39 is 10.0 Å². The summed E-state index contributed by atoms with van der Waals surface area (Å²) in [6.45, 7) is 0.501. The largest absolute Gasteiger partial charge is 0.399 e. The van der Waals surface area contributed by atoms with E-state index in [2.05, 4.69) is 4.72 Å². The van der Waals surface area contributed by atoms with E-state index in [9.17, 15) is 8.42 Å². The van der Waals surface area contributed by atoms with Crippen molar-refractivity contribution in [2.24, 2.45) is 5.73 Å². The van der Waals surface area contributed by atoms with E-state index in [1.54, 1.807) is 0 Å². The normalized spacial score (nSPS) is 10.1. The number of benzene rings is 1. The van der Waals surface area contributed by atoms with Gasteiger partial charge >= 0.3 is 0 Å². The second-order valence-corrected chi connectivity index (χ2v) is 4.52. The average molecular weight is 288 g/mol. The first kappa shape index (κ1) is 17.9. The Morgan fingerprint density at radius 3 is 2.06 bits per heavy atom. The molecule has 0 spiro atoms. The topological polar surface area (TPSA) is 98.2 Å². The number of halogens is 2. The summed E-state index contributed by atoms with van der Waals surface area (Å²) in [5.74, 6) is 0. The molecule has 0 aliphatic rings. The molecule has 0 atom stereocenters.